The molecule has 1 aliphatic carbocycles. The smallest absolute Gasteiger partial charge is 0.306 e. The monoisotopic (exact) mass is 403 g/mol. The molecule has 1 aromatic heterocycles. The molecule has 0 aliphatic heterocycles. The average Bonchev–Trinajstić information content (AvgIpc) is 3.19. The summed E-state index contributed by atoms with van der Waals surface area (Å²) in [7, 11) is 0. The largest absolute Gasteiger partial charge is 0.487 e. The number of aromatic nitrogens is 1. The van der Waals surface area contributed by atoms with Gasteiger partial charge in [-0.1, -0.05) is 25.0 Å². The van der Waals surface area contributed by atoms with Gasteiger partial charge in [-0.05, 0) is 49.9 Å². The third-order valence-electron chi connectivity index (χ3n) is 4.69. The number of pyridine rings is 1. The average molecular weight is 404 g/mol. The summed E-state index contributed by atoms with van der Waals surface area (Å²) in [4.78, 5) is 16.1. The van der Waals surface area contributed by atoms with Crippen LogP contribution in [0.4, 0.5) is 4.39 Å². The maximum absolute atomic E-state index is 14.3. The zero-order chi connectivity index (χ0) is 19.8. The van der Waals surface area contributed by atoms with Crippen LogP contribution in [-0.4, -0.2) is 22.8 Å². The van der Waals surface area contributed by atoms with Gasteiger partial charge in [0, 0.05) is 17.7 Å². The van der Waals surface area contributed by atoms with Crippen LogP contribution in [0.3, 0.4) is 0 Å². The Balaban J connectivity index is 1.52. The number of nitrogens with zero attached hydrogens (tertiary/aromatic N) is 1. The third-order valence-corrected chi connectivity index (χ3v) is 5.96. The topological polar surface area (TPSA) is 48.4 Å². The number of carbonyl (C=O) groups is 1. The zero-order valence-electron chi connectivity index (χ0n) is 16.2. The SMILES string of the molecule is CCOC(=O)CCc1ccc(OCc2cccc(SC3CCCC3)n2)cc1F. The maximum atomic E-state index is 14.3. The van der Waals surface area contributed by atoms with Crippen LogP contribution >= 0.6 is 11.8 Å². The molecule has 0 bridgehead atoms. The van der Waals surface area contributed by atoms with Crippen LogP contribution in [0.25, 0.3) is 0 Å². The number of rotatable bonds is 9. The second kappa shape index (κ2) is 10.5. The van der Waals surface area contributed by atoms with E-state index in [2.05, 4.69) is 4.98 Å². The highest BCUT2D eigenvalue weighted by Crippen LogP contribution is 2.33. The number of esters is 1. The van der Waals surface area contributed by atoms with E-state index in [1.807, 2.05) is 30.0 Å². The van der Waals surface area contributed by atoms with E-state index in [-0.39, 0.29) is 18.2 Å². The van der Waals surface area contributed by atoms with Crippen LogP contribution in [0.2, 0.25) is 0 Å². The zero-order valence-corrected chi connectivity index (χ0v) is 17.0. The van der Waals surface area contributed by atoms with Crippen molar-refractivity contribution >= 4 is 17.7 Å². The van der Waals surface area contributed by atoms with Gasteiger partial charge in [0.1, 0.15) is 18.2 Å². The van der Waals surface area contributed by atoms with E-state index >= 15 is 0 Å². The first kappa shape index (κ1) is 20.6. The molecule has 0 saturated heterocycles. The molecule has 28 heavy (non-hydrogen) atoms. The lowest BCUT2D eigenvalue weighted by atomic mass is 10.1. The van der Waals surface area contributed by atoms with E-state index in [1.165, 1.54) is 31.7 Å². The first-order chi connectivity index (χ1) is 13.6. The lowest BCUT2D eigenvalue weighted by Gasteiger charge is -2.11. The molecule has 1 aliphatic rings. The first-order valence-electron chi connectivity index (χ1n) is 9.83. The van der Waals surface area contributed by atoms with Crippen molar-refractivity contribution in [3.63, 3.8) is 0 Å². The van der Waals surface area contributed by atoms with Gasteiger partial charge in [-0.15, -0.1) is 11.8 Å². The normalized spacial score (nSPS) is 14.2. The van der Waals surface area contributed by atoms with Crippen molar-refractivity contribution in [3.05, 3.63) is 53.5 Å². The molecule has 0 atom stereocenters. The van der Waals surface area contributed by atoms with Crippen molar-refractivity contribution in [1.29, 1.82) is 0 Å². The number of hydrogen-bond acceptors (Lipinski definition) is 5. The van der Waals surface area contributed by atoms with Crippen LogP contribution in [0.15, 0.2) is 41.4 Å². The van der Waals surface area contributed by atoms with Gasteiger partial charge >= 0.3 is 5.97 Å². The number of aryl methyl sites for hydroxylation is 1. The van der Waals surface area contributed by atoms with Crippen molar-refractivity contribution in [3.8, 4) is 5.75 Å². The van der Waals surface area contributed by atoms with Crippen LogP contribution in [-0.2, 0) is 22.6 Å². The highest BCUT2D eigenvalue weighted by Gasteiger charge is 2.17. The van der Waals surface area contributed by atoms with E-state index in [0.717, 1.165) is 10.7 Å². The molecule has 0 N–H and O–H groups in total. The summed E-state index contributed by atoms with van der Waals surface area (Å²) in [6, 6.07) is 10.7. The summed E-state index contributed by atoms with van der Waals surface area (Å²) in [5.74, 6) is -0.239. The highest BCUT2D eigenvalue weighted by molar-refractivity contribution is 7.99. The van der Waals surface area contributed by atoms with Crippen molar-refractivity contribution in [2.45, 2.75) is 62.3 Å². The van der Waals surface area contributed by atoms with Gasteiger partial charge in [0.25, 0.3) is 0 Å². The second-order valence-corrected chi connectivity index (χ2v) is 8.16. The minimum Gasteiger partial charge on any atom is -0.487 e. The Morgan fingerprint density at radius 3 is 2.82 bits per heavy atom. The molecule has 2 aromatic rings. The number of ether oxygens (including phenoxy) is 2. The molecule has 0 spiro atoms. The van der Waals surface area contributed by atoms with E-state index in [1.54, 1.807) is 19.1 Å². The van der Waals surface area contributed by atoms with Gasteiger partial charge in [-0.2, -0.15) is 0 Å². The van der Waals surface area contributed by atoms with E-state index in [4.69, 9.17) is 9.47 Å². The number of benzene rings is 1. The quantitative estimate of drug-likeness (QED) is 0.530. The Morgan fingerprint density at radius 2 is 2.07 bits per heavy atom. The fourth-order valence-corrected chi connectivity index (χ4v) is 4.47. The molecule has 150 valence electrons. The molecule has 1 saturated carbocycles. The molecular formula is C22H26FNO3S. The maximum Gasteiger partial charge on any atom is 0.306 e. The first-order valence-corrected chi connectivity index (χ1v) is 10.7. The highest BCUT2D eigenvalue weighted by atomic mass is 32.2. The Bertz CT molecular complexity index is 793. The third kappa shape index (κ3) is 6.23. The Kier molecular flexibility index (Phi) is 7.71. The van der Waals surface area contributed by atoms with Crippen molar-refractivity contribution < 1.29 is 18.7 Å². The molecule has 1 fully saturated rings. The van der Waals surface area contributed by atoms with E-state index in [9.17, 15) is 9.18 Å². The van der Waals surface area contributed by atoms with Gasteiger partial charge < -0.3 is 9.47 Å². The summed E-state index contributed by atoms with van der Waals surface area (Å²) in [5.41, 5.74) is 1.31. The van der Waals surface area contributed by atoms with Gasteiger partial charge in [0.05, 0.1) is 17.3 Å². The van der Waals surface area contributed by atoms with Gasteiger partial charge in [0.15, 0.2) is 0 Å². The number of carbonyl (C=O) groups excluding carboxylic acids is 1. The van der Waals surface area contributed by atoms with E-state index < -0.39 is 0 Å². The fraction of sp³-hybridized carbons (Fsp3) is 0.455. The van der Waals surface area contributed by atoms with Crippen molar-refractivity contribution in [2.75, 3.05) is 6.61 Å². The van der Waals surface area contributed by atoms with Gasteiger partial charge in [-0.3, -0.25) is 4.79 Å². The molecule has 0 radical (unpaired) electrons. The minimum absolute atomic E-state index is 0.167. The molecule has 3 rings (SSSR count). The minimum atomic E-state index is -0.375. The summed E-state index contributed by atoms with van der Waals surface area (Å²) in [5, 5.41) is 1.69. The van der Waals surface area contributed by atoms with Gasteiger partial charge in [0.2, 0.25) is 0 Å². The Labute approximate surface area is 169 Å². The summed E-state index contributed by atoms with van der Waals surface area (Å²) in [6.45, 7) is 2.38. The molecular weight excluding hydrogens is 377 g/mol. The molecule has 0 unspecified atom stereocenters. The van der Waals surface area contributed by atoms with Gasteiger partial charge in [-0.25, -0.2) is 9.37 Å². The van der Waals surface area contributed by atoms with Crippen molar-refractivity contribution in [1.82, 2.24) is 4.98 Å². The van der Waals surface area contributed by atoms with Crippen molar-refractivity contribution in [2.24, 2.45) is 0 Å². The number of hydrogen-bond donors (Lipinski definition) is 0. The molecule has 1 aromatic carbocycles. The Hall–Kier alpha value is -2.08. The number of halogens is 1. The lowest BCUT2D eigenvalue weighted by Crippen LogP contribution is -2.06. The van der Waals surface area contributed by atoms with Crippen LogP contribution in [0.1, 0.15) is 50.3 Å². The molecule has 1 heterocycles. The molecule has 4 nitrogen and oxygen atoms in total. The Morgan fingerprint density at radius 1 is 1.25 bits per heavy atom. The predicted molar refractivity (Wildman–Crippen MR) is 108 cm³/mol. The lowest BCUT2D eigenvalue weighted by molar-refractivity contribution is -0.143. The number of thioether (sulfide) groups is 1. The van der Waals surface area contributed by atoms with Crippen LogP contribution in [0.5, 0.6) is 5.75 Å². The summed E-state index contributed by atoms with van der Waals surface area (Å²) in [6.07, 6.45) is 5.61. The van der Waals surface area contributed by atoms with Crippen LogP contribution in [0, 0.1) is 5.82 Å². The standard InChI is InChI=1S/C22H26FNO3S/c1-2-26-22(25)13-11-16-10-12-18(14-20(16)23)27-15-17-6-5-9-21(24-17)28-19-7-3-4-8-19/h5-6,9-10,12,14,19H,2-4,7-8,11,13,15H2,1H3. The van der Waals surface area contributed by atoms with Crippen LogP contribution < -0.4 is 4.74 Å². The fourth-order valence-electron chi connectivity index (χ4n) is 3.23. The second-order valence-electron chi connectivity index (χ2n) is 6.84. The summed E-state index contributed by atoms with van der Waals surface area (Å²) >= 11 is 1.84. The molecule has 6 heteroatoms. The predicted octanol–water partition coefficient (Wildman–Crippen LogP) is 5.33. The molecule has 0 amide bonds. The van der Waals surface area contributed by atoms with E-state index in [0.29, 0.717) is 36.2 Å². The summed E-state index contributed by atoms with van der Waals surface area (Å²) < 4.78 is 24.8.